The first kappa shape index (κ1) is 13.3. The number of nitrogens with two attached hydrogens (primary N) is 1. The molecule has 0 atom stereocenters. The molecule has 7 nitrogen and oxygen atoms in total. The van der Waals surface area contributed by atoms with E-state index in [0.29, 0.717) is 17.1 Å². The third kappa shape index (κ3) is 2.25. The Bertz CT molecular complexity index is 849. The maximum atomic E-state index is 12.4. The summed E-state index contributed by atoms with van der Waals surface area (Å²) < 4.78 is 1.66. The quantitative estimate of drug-likeness (QED) is 0.631. The van der Waals surface area contributed by atoms with Crippen LogP contribution in [0.5, 0.6) is 0 Å². The third-order valence-corrected chi connectivity index (χ3v) is 3.34. The number of aromatic amines is 1. The lowest BCUT2D eigenvalue weighted by atomic mass is 10.2. The number of anilines is 1. The summed E-state index contributed by atoms with van der Waals surface area (Å²) >= 11 is 4.90. The topological polar surface area (TPSA) is 102 Å². The monoisotopic (exact) mass is 300 g/mol. The Morgan fingerprint density at radius 1 is 1.43 bits per heavy atom. The molecule has 3 rings (SSSR count). The number of nitrogens with zero attached hydrogens (tertiary/aromatic N) is 3. The van der Waals surface area contributed by atoms with Gasteiger partial charge in [-0.3, -0.25) is 14.6 Å². The lowest BCUT2D eigenvalue weighted by Gasteiger charge is -2.03. The molecule has 0 saturated heterocycles. The summed E-state index contributed by atoms with van der Waals surface area (Å²) in [5.74, 6) is 0.00999. The van der Waals surface area contributed by atoms with Crippen molar-refractivity contribution in [2.45, 2.75) is 0 Å². The average molecular weight is 300 g/mol. The molecule has 0 radical (unpaired) electrons. The van der Waals surface area contributed by atoms with Crippen molar-refractivity contribution in [3.05, 3.63) is 41.7 Å². The van der Waals surface area contributed by atoms with Crippen LogP contribution in [0.2, 0.25) is 0 Å². The van der Waals surface area contributed by atoms with Gasteiger partial charge in [-0.05, 0) is 6.07 Å². The molecular weight excluding hydrogens is 288 g/mol. The van der Waals surface area contributed by atoms with Crippen LogP contribution < -0.4 is 11.1 Å². The molecule has 1 amide bonds. The second-order valence-electron chi connectivity index (χ2n) is 4.47. The van der Waals surface area contributed by atoms with E-state index in [1.54, 1.807) is 11.7 Å². The number of aromatic nitrogens is 4. The van der Waals surface area contributed by atoms with Crippen LogP contribution in [-0.4, -0.2) is 30.9 Å². The van der Waals surface area contributed by atoms with Crippen molar-refractivity contribution in [1.29, 1.82) is 0 Å². The number of amides is 1. The van der Waals surface area contributed by atoms with Crippen LogP contribution in [0.15, 0.2) is 30.5 Å². The Kier molecular flexibility index (Phi) is 3.15. The summed E-state index contributed by atoms with van der Waals surface area (Å²) in [5, 5.41) is 14.2. The second kappa shape index (κ2) is 4.98. The average Bonchev–Trinajstić information content (AvgIpc) is 3.04. The Hall–Kier alpha value is -2.74. The number of hydrogen-bond acceptors (Lipinski definition) is 4. The van der Waals surface area contributed by atoms with Gasteiger partial charge in [0.25, 0.3) is 5.91 Å². The molecule has 2 heterocycles. The standard InChI is InChI=1S/C13H12N6OS/c1-19-9-5-3-2-4-7(9)10(18-19)13(20)16-12-8(11(14)21)6-15-17-12/h2-6H,1H3,(H2,14,21)(H2,15,16,17,20). The van der Waals surface area contributed by atoms with Crippen molar-refractivity contribution in [2.75, 3.05) is 5.32 Å². The van der Waals surface area contributed by atoms with Gasteiger partial charge in [0, 0.05) is 12.4 Å². The third-order valence-electron chi connectivity index (χ3n) is 3.12. The van der Waals surface area contributed by atoms with E-state index in [-0.39, 0.29) is 10.9 Å². The van der Waals surface area contributed by atoms with Crippen LogP contribution in [0.1, 0.15) is 16.1 Å². The molecule has 0 saturated carbocycles. The predicted octanol–water partition coefficient (Wildman–Crippen LogP) is 1.18. The van der Waals surface area contributed by atoms with Gasteiger partial charge < -0.3 is 11.1 Å². The SMILES string of the molecule is Cn1nc(C(=O)Nc2[nH]ncc2C(N)=S)c2ccccc21. The maximum absolute atomic E-state index is 12.4. The number of H-pyrrole nitrogens is 1. The molecule has 21 heavy (non-hydrogen) atoms. The number of carbonyl (C=O) groups excluding carboxylic acids is 1. The van der Waals surface area contributed by atoms with E-state index in [4.69, 9.17) is 18.0 Å². The number of hydrogen-bond donors (Lipinski definition) is 3. The summed E-state index contributed by atoms with van der Waals surface area (Å²) in [6.07, 6.45) is 1.47. The number of nitrogens with one attached hydrogen (secondary N) is 2. The molecule has 106 valence electrons. The lowest BCUT2D eigenvalue weighted by molar-refractivity contribution is 0.102. The van der Waals surface area contributed by atoms with E-state index in [1.165, 1.54) is 6.20 Å². The highest BCUT2D eigenvalue weighted by atomic mass is 32.1. The van der Waals surface area contributed by atoms with Gasteiger partial charge in [0.05, 0.1) is 17.3 Å². The van der Waals surface area contributed by atoms with Gasteiger partial charge in [-0.2, -0.15) is 10.2 Å². The fraction of sp³-hybridized carbons (Fsp3) is 0.0769. The fourth-order valence-electron chi connectivity index (χ4n) is 2.12. The first-order valence-corrected chi connectivity index (χ1v) is 6.55. The summed E-state index contributed by atoms with van der Waals surface area (Å²) in [5.41, 5.74) is 7.26. The number of thiocarbonyl (C=S) groups is 1. The number of carbonyl (C=O) groups is 1. The van der Waals surface area contributed by atoms with E-state index < -0.39 is 0 Å². The predicted molar refractivity (Wildman–Crippen MR) is 83.1 cm³/mol. The Morgan fingerprint density at radius 3 is 2.95 bits per heavy atom. The zero-order valence-corrected chi connectivity index (χ0v) is 11.9. The zero-order chi connectivity index (χ0) is 15.0. The van der Waals surface area contributed by atoms with Gasteiger partial charge in [-0.1, -0.05) is 30.4 Å². The number of benzene rings is 1. The number of rotatable bonds is 3. The smallest absolute Gasteiger partial charge is 0.277 e. The Labute approximate surface area is 125 Å². The highest BCUT2D eigenvalue weighted by molar-refractivity contribution is 7.80. The van der Waals surface area contributed by atoms with Crippen LogP contribution >= 0.6 is 12.2 Å². The minimum Gasteiger partial charge on any atom is -0.389 e. The van der Waals surface area contributed by atoms with E-state index in [1.807, 2.05) is 24.3 Å². The highest BCUT2D eigenvalue weighted by Crippen LogP contribution is 2.19. The van der Waals surface area contributed by atoms with Crippen molar-refractivity contribution in [1.82, 2.24) is 20.0 Å². The van der Waals surface area contributed by atoms with E-state index in [9.17, 15) is 4.79 Å². The minimum atomic E-state index is -0.353. The van der Waals surface area contributed by atoms with Gasteiger partial charge in [0.1, 0.15) is 10.8 Å². The van der Waals surface area contributed by atoms with Gasteiger partial charge >= 0.3 is 0 Å². The normalized spacial score (nSPS) is 10.7. The molecular formula is C13H12N6OS. The Morgan fingerprint density at radius 2 is 2.19 bits per heavy atom. The molecule has 3 aromatic rings. The molecule has 0 aliphatic heterocycles. The van der Waals surface area contributed by atoms with Crippen molar-refractivity contribution in [2.24, 2.45) is 12.8 Å². The van der Waals surface area contributed by atoms with Gasteiger partial charge in [0.2, 0.25) is 0 Å². The summed E-state index contributed by atoms with van der Waals surface area (Å²) in [4.78, 5) is 12.6. The molecule has 0 aliphatic rings. The lowest BCUT2D eigenvalue weighted by Crippen LogP contribution is -2.17. The van der Waals surface area contributed by atoms with Gasteiger partial charge in [0.15, 0.2) is 5.69 Å². The maximum Gasteiger partial charge on any atom is 0.277 e. The molecule has 8 heteroatoms. The number of para-hydroxylation sites is 1. The first-order chi connectivity index (χ1) is 10.1. The Balaban J connectivity index is 1.98. The molecule has 0 bridgehead atoms. The molecule has 0 spiro atoms. The molecule has 2 aromatic heterocycles. The van der Waals surface area contributed by atoms with Crippen LogP contribution in [-0.2, 0) is 7.05 Å². The van der Waals surface area contributed by atoms with Crippen LogP contribution in [0.25, 0.3) is 10.9 Å². The second-order valence-corrected chi connectivity index (χ2v) is 4.91. The van der Waals surface area contributed by atoms with E-state index in [2.05, 4.69) is 20.6 Å². The van der Waals surface area contributed by atoms with Crippen LogP contribution in [0.4, 0.5) is 5.82 Å². The first-order valence-electron chi connectivity index (χ1n) is 6.14. The van der Waals surface area contributed by atoms with Crippen molar-refractivity contribution in [3.63, 3.8) is 0 Å². The van der Waals surface area contributed by atoms with E-state index >= 15 is 0 Å². The van der Waals surface area contributed by atoms with Crippen molar-refractivity contribution in [3.8, 4) is 0 Å². The van der Waals surface area contributed by atoms with Crippen molar-refractivity contribution < 1.29 is 4.79 Å². The molecule has 0 unspecified atom stereocenters. The molecule has 4 N–H and O–H groups in total. The summed E-state index contributed by atoms with van der Waals surface area (Å²) in [6, 6.07) is 7.50. The van der Waals surface area contributed by atoms with Crippen molar-refractivity contribution >= 4 is 39.8 Å². The van der Waals surface area contributed by atoms with Crippen LogP contribution in [0, 0.1) is 0 Å². The molecule has 0 aliphatic carbocycles. The highest BCUT2D eigenvalue weighted by Gasteiger charge is 2.18. The molecule has 0 fully saturated rings. The number of fused-ring (bicyclic) bond motifs is 1. The van der Waals surface area contributed by atoms with Crippen LogP contribution in [0.3, 0.4) is 0 Å². The number of aryl methyl sites for hydroxylation is 1. The summed E-state index contributed by atoms with van der Waals surface area (Å²) in [7, 11) is 1.79. The van der Waals surface area contributed by atoms with Gasteiger partial charge in [-0.15, -0.1) is 0 Å². The van der Waals surface area contributed by atoms with Gasteiger partial charge in [-0.25, -0.2) is 0 Å². The largest absolute Gasteiger partial charge is 0.389 e. The van der Waals surface area contributed by atoms with E-state index in [0.717, 1.165) is 10.9 Å². The zero-order valence-electron chi connectivity index (χ0n) is 11.1. The fourth-order valence-corrected chi connectivity index (χ4v) is 2.28. The summed E-state index contributed by atoms with van der Waals surface area (Å²) in [6.45, 7) is 0. The molecule has 1 aromatic carbocycles. The minimum absolute atomic E-state index is 0.157.